The first-order chi connectivity index (χ1) is 9.24. The number of amides is 1. The summed E-state index contributed by atoms with van der Waals surface area (Å²) < 4.78 is 12.7. The fourth-order valence-electron chi connectivity index (χ4n) is 2.06. The van der Waals surface area contributed by atoms with E-state index in [2.05, 4.69) is 10.6 Å². The third kappa shape index (κ3) is 6.11. The third-order valence-electron chi connectivity index (χ3n) is 3.12. The molecule has 1 aliphatic heterocycles. The summed E-state index contributed by atoms with van der Waals surface area (Å²) in [7, 11) is 0. The van der Waals surface area contributed by atoms with Gasteiger partial charge < -0.3 is 10.6 Å². The smallest absolute Gasteiger partial charge is 0.221 e. The second-order valence-corrected chi connectivity index (χ2v) is 5.81. The minimum Gasteiger partial charge on any atom is -0.353 e. The number of halogens is 2. The van der Waals surface area contributed by atoms with Gasteiger partial charge in [0.15, 0.2) is 0 Å². The van der Waals surface area contributed by atoms with Crippen LogP contribution in [0.25, 0.3) is 0 Å². The Morgan fingerprint density at radius 2 is 1.95 bits per heavy atom. The molecule has 0 spiro atoms. The maximum Gasteiger partial charge on any atom is 0.221 e. The highest BCUT2D eigenvalue weighted by Gasteiger charge is 2.14. The molecule has 0 radical (unpaired) electrons. The number of thioether (sulfide) groups is 1. The molecule has 0 aliphatic carbocycles. The molecule has 1 amide bonds. The second kappa shape index (κ2) is 9.21. The quantitative estimate of drug-likeness (QED) is 0.820. The molecule has 0 aromatic heterocycles. The van der Waals surface area contributed by atoms with Crippen LogP contribution in [0.1, 0.15) is 19.3 Å². The van der Waals surface area contributed by atoms with E-state index in [0.29, 0.717) is 12.5 Å². The summed E-state index contributed by atoms with van der Waals surface area (Å²) in [5.74, 6) is 0.608. The number of benzene rings is 1. The van der Waals surface area contributed by atoms with Crippen LogP contribution in [0.2, 0.25) is 0 Å². The maximum atomic E-state index is 12.7. The molecule has 0 atom stereocenters. The summed E-state index contributed by atoms with van der Waals surface area (Å²) in [6, 6.07) is 6.69. The normalized spacial score (nSPS) is 15.4. The Hall–Kier alpha value is -0.780. The Balaban J connectivity index is 0.00000200. The Bertz CT molecular complexity index is 410. The van der Waals surface area contributed by atoms with E-state index in [1.165, 1.54) is 12.1 Å². The van der Waals surface area contributed by atoms with Gasteiger partial charge >= 0.3 is 0 Å². The molecular weight excluding hydrogens is 299 g/mol. The lowest BCUT2D eigenvalue weighted by molar-refractivity contribution is -0.121. The van der Waals surface area contributed by atoms with Crippen molar-refractivity contribution in [2.75, 3.05) is 18.8 Å². The molecule has 112 valence electrons. The van der Waals surface area contributed by atoms with E-state index in [9.17, 15) is 9.18 Å². The van der Waals surface area contributed by atoms with Gasteiger partial charge in [0.2, 0.25) is 5.91 Å². The molecule has 2 rings (SSSR count). The van der Waals surface area contributed by atoms with Crippen LogP contribution in [0.5, 0.6) is 0 Å². The van der Waals surface area contributed by atoms with Crippen LogP contribution < -0.4 is 10.6 Å². The van der Waals surface area contributed by atoms with Gasteiger partial charge in [0.25, 0.3) is 0 Å². The number of hydrogen-bond acceptors (Lipinski definition) is 3. The van der Waals surface area contributed by atoms with Crippen molar-refractivity contribution < 1.29 is 9.18 Å². The van der Waals surface area contributed by atoms with Crippen LogP contribution in [0.4, 0.5) is 4.39 Å². The molecule has 1 aromatic rings. The predicted octanol–water partition coefficient (Wildman–Crippen LogP) is 2.60. The highest BCUT2D eigenvalue weighted by molar-refractivity contribution is 7.99. The van der Waals surface area contributed by atoms with Gasteiger partial charge in [-0.1, -0.05) is 0 Å². The van der Waals surface area contributed by atoms with E-state index in [-0.39, 0.29) is 24.1 Å². The van der Waals surface area contributed by atoms with Crippen LogP contribution in [-0.2, 0) is 4.79 Å². The van der Waals surface area contributed by atoms with E-state index in [4.69, 9.17) is 0 Å². The van der Waals surface area contributed by atoms with Crippen molar-refractivity contribution in [3.63, 3.8) is 0 Å². The average molecular weight is 319 g/mol. The summed E-state index contributed by atoms with van der Waals surface area (Å²) in [5.41, 5.74) is 0. The van der Waals surface area contributed by atoms with E-state index >= 15 is 0 Å². The van der Waals surface area contributed by atoms with E-state index in [1.807, 2.05) is 0 Å². The number of carbonyl (C=O) groups excluding carboxylic acids is 1. The molecule has 1 heterocycles. The van der Waals surface area contributed by atoms with Crippen LogP contribution in [0.15, 0.2) is 29.2 Å². The van der Waals surface area contributed by atoms with Gasteiger partial charge in [-0.05, 0) is 50.2 Å². The van der Waals surface area contributed by atoms with Gasteiger partial charge in [-0.3, -0.25) is 4.79 Å². The zero-order chi connectivity index (χ0) is 13.5. The van der Waals surface area contributed by atoms with Gasteiger partial charge in [0.1, 0.15) is 5.82 Å². The molecule has 2 N–H and O–H groups in total. The van der Waals surface area contributed by atoms with Crippen LogP contribution in [0.3, 0.4) is 0 Å². The Labute approximate surface area is 129 Å². The molecule has 0 unspecified atom stereocenters. The first-order valence-corrected chi connectivity index (χ1v) is 7.61. The van der Waals surface area contributed by atoms with E-state index < -0.39 is 0 Å². The van der Waals surface area contributed by atoms with Gasteiger partial charge in [-0.25, -0.2) is 4.39 Å². The zero-order valence-corrected chi connectivity index (χ0v) is 12.9. The van der Waals surface area contributed by atoms with E-state index in [0.717, 1.165) is 36.6 Å². The first-order valence-electron chi connectivity index (χ1n) is 6.62. The SMILES string of the molecule is Cl.O=C(CCSc1ccc(F)cc1)NC1CCNCC1. The van der Waals surface area contributed by atoms with Gasteiger partial charge in [-0.2, -0.15) is 0 Å². The lowest BCUT2D eigenvalue weighted by Crippen LogP contribution is -2.42. The fraction of sp³-hybridized carbons (Fsp3) is 0.500. The van der Waals surface area contributed by atoms with Crippen molar-refractivity contribution in [2.24, 2.45) is 0 Å². The minimum atomic E-state index is -0.229. The number of rotatable bonds is 5. The van der Waals surface area contributed by atoms with Crippen molar-refractivity contribution in [2.45, 2.75) is 30.2 Å². The predicted molar refractivity (Wildman–Crippen MR) is 83.0 cm³/mol. The summed E-state index contributed by atoms with van der Waals surface area (Å²) in [6.07, 6.45) is 2.53. The van der Waals surface area contributed by atoms with Crippen LogP contribution >= 0.6 is 24.2 Å². The Morgan fingerprint density at radius 3 is 2.60 bits per heavy atom. The summed E-state index contributed by atoms with van der Waals surface area (Å²) in [6.45, 7) is 1.96. The van der Waals surface area contributed by atoms with Crippen molar-refractivity contribution in [1.29, 1.82) is 0 Å². The summed E-state index contributed by atoms with van der Waals surface area (Å²) in [5, 5.41) is 6.33. The van der Waals surface area contributed by atoms with Crippen molar-refractivity contribution in [3.8, 4) is 0 Å². The maximum absolute atomic E-state index is 12.7. The molecule has 1 aliphatic rings. The molecule has 1 aromatic carbocycles. The monoisotopic (exact) mass is 318 g/mol. The van der Waals surface area contributed by atoms with E-state index in [1.54, 1.807) is 23.9 Å². The van der Waals surface area contributed by atoms with Crippen molar-refractivity contribution >= 4 is 30.1 Å². The molecule has 1 saturated heterocycles. The molecule has 6 heteroatoms. The topological polar surface area (TPSA) is 41.1 Å². The molecule has 3 nitrogen and oxygen atoms in total. The highest BCUT2D eigenvalue weighted by atomic mass is 35.5. The molecule has 0 bridgehead atoms. The summed E-state index contributed by atoms with van der Waals surface area (Å²) >= 11 is 1.58. The molecule has 1 fully saturated rings. The van der Waals surface area contributed by atoms with Gasteiger partial charge in [0.05, 0.1) is 0 Å². The average Bonchev–Trinajstić information content (AvgIpc) is 2.42. The van der Waals surface area contributed by atoms with Gasteiger partial charge in [-0.15, -0.1) is 24.2 Å². The number of carbonyl (C=O) groups is 1. The minimum absolute atomic E-state index is 0. The number of hydrogen-bond donors (Lipinski definition) is 2. The lowest BCUT2D eigenvalue weighted by atomic mass is 10.1. The largest absolute Gasteiger partial charge is 0.353 e. The second-order valence-electron chi connectivity index (χ2n) is 4.64. The molecule has 20 heavy (non-hydrogen) atoms. The number of piperidine rings is 1. The lowest BCUT2D eigenvalue weighted by Gasteiger charge is -2.23. The van der Waals surface area contributed by atoms with Crippen LogP contribution in [0, 0.1) is 5.82 Å². The molecule has 0 saturated carbocycles. The third-order valence-corrected chi connectivity index (χ3v) is 4.13. The van der Waals surface area contributed by atoms with Gasteiger partial charge in [0, 0.05) is 23.1 Å². The fourth-order valence-corrected chi connectivity index (χ4v) is 2.91. The zero-order valence-electron chi connectivity index (χ0n) is 11.2. The Morgan fingerprint density at radius 1 is 1.30 bits per heavy atom. The number of nitrogens with one attached hydrogen (secondary N) is 2. The van der Waals surface area contributed by atoms with Crippen molar-refractivity contribution in [1.82, 2.24) is 10.6 Å². The van der Waals surface area contributed by atoms with Crippen molar-refractivity contribution in [3.05, 3.63) is 30.1 Å². The van der Waals surface area contributed by atoms with Crippen LogP contribution in [-0.4, -0.2) is 30.8 Å². The summed E-state index contributed by atoms with van der Waals surface area (Å²) in [4.78, 5) is 12.7. The first kappa shape index (κ1) is 17.3. The Kier molecular flexibility index (Phi) is 7.95. The highest BCUT2D eigenvalue weighted by Crippen LogP contribution is 2.18. The standard InChI is InChI=1S/C14H19FN2OS.ClH/c15-11-1-3-13(4-2-11)19-10-7-14(18)17-12-5-8-16-9-6-12;/h1-4,12,16H,5-10H2,(H,17,18);1H. The molecular formula is C14H20ClFN2OS.